The molecule has 1 aliphatic heterocycles. The van der Waals surface area contributed by atoms with Crippen LogP contribution in [-0.4, -0.2) is 21.9 Å². The summed E-state index contributed by atoms with van der Waals surface area (Å²) < 4.78 is 37.9. The summed E-state index contributed by atoms with van der Waals surface area (Å²) >= 11 is 1.35. The van der Waals surface area contributed by atoms with Crippen molar-refractivity contribution in [3.05, 3.63) is 53.3 Å². The molecule has 0 saturated carbocycles. The van der Waals surface area contributed by atoms with Gasteiger partial charge >= 0.3 is 6.18 Å². The molecule has 0 saturated heterocycles. The van der Waals surface area contributed by atoms with Crippen molar-refractivity contribution >= 4 is 29.1 Å². The molecule has 2 heterocycles. The Bertz CT molecular complexity index is 952. The summed E-state index contributed by atoms with van der Waals surface area (Å²) in [4.78, 5) is 28.9. The van der Waals surface area contributed by atoms with E-state index < -0.39 is 23.4 Å². The Hall–Kier alpha value is -2.86. The van der Waals surface area contributed by atoms with E-state index in [1.807, 2.05) is 0 Å². The van der Waals surface area contributed by atoms with E-state index in [1.54, 1.807) is 19.1 Å². The van der Waals surface area contributed by atoms with Gasteiger partial charge < -0.3 is 5.32 Å². The second kappa shape index (κ2) is 7.04. The third-order valence-corrected chi connectivity index (χ3v) is 5.17. The number of ketones is 1. The zero-order valence-corrected chi connectivity index (χ0v) is 14.7. The lowest BCUT2D eigenvalue weighted by atomic mass is 9.94. The SMILES string of the molecule is CC1Sc2ccc(C(=O)C(C#N)c3ccc(C(F)(F)F)cn3)cc2NC1=O. The Kier molecular flexibility index (Phi) is 4.93. The number of hydrogen-bond donors (Lipinski definition) is 1. The molecule has 1 aromatic carbocycles. The van der Waals surface area contributed by atoms with Crippen LogP contribution in [0, 0.1) is 11.3 Å². The molecule has 0 radical (unpaired) electrons. The fourth-order valence-corrected chi connectivity index (χ4v) is 3.46. The van der Waals surface area contributed by atoms with Crippen LogP contribution in [0.3, 0.4) is 0 Å². The van der Waals surface area contributed by atoms with Crippen molar-refractivity contribution in [2.75, 3.05) is 5.32 Å². The van der Waals surface area contributed by atoms with Gasteiger partial charge in [-0.05, 0) is 31.2 Å². The number of nitrogens with one attached hydrogen (secondary N) is 1. The van der Waals surface area contributed by atoms with Crippen LogP contribution in [0.25, 0.3) is 0 Å². The first-order chi connectivity index (χ1) is 12.7. The van der Waals surface area contributed by atoms with Crippen LogP contribution in [0.1, 0.15) is 34.5 Å². The predicted molar refractivity (Wildman–Crippen MR) is 92.3 cm³/mol. The van der Waals surface area contributed by atoms with Crippen LogP contribution in [-0.2, 0) is 11.0 Å². The molecule has 138 valence electrons. The lowest BCUT2D eigenvalue weighted by molar-refractivity contribution is -0.137. The number of fused-ring (bicyclic) bond motifs is 1. The maximum absolute atomic E-state index is 12.7. The molecule has 1 aromatic heterocycles. The summed E-state index contributed by atoms with van der Waals surface area (Å²) in [6.45, 7) is 1.75. The number of nitrogens with zero attached hydrogens (tertiary/aromatic N) is 2. The Morgan fingerprint density at radius 1 is 1.33 bits per heavy atom. The van der Waals surface area contributed by atoms with Crippen LogP contribution < -0.4 is 5.32 Å². The lowest BCUT2D eigenvalue weighted by Crippen LogP contribution is -2.26. The van der Waals surface area contributed by atoms with Gasteiger partial charge in [0.25, 0.3) is 0 Å². The van der Waals surface area contributed by atoms with Crippen LogP contribution in [0.5, 0.6) is 0 Å². The van der Waals surface area contributed by atoms with Crippen LogP contribution in [0.4, 0.5) is 18.9 Å². The molecule has 1 amide bonds. The summed E-state index contributed by atoms with van der Waals surface area (Å²) in [5.74, 6) is -2.15. The Balaban J connectivity index is 1.89. The smallest absolute Gasteiger partial charge is 0.324 e. The van der Waals surface area contributed by atoms with E-state index in [0.29, 0.717) is 11.9 Å². The first kappa shape index (κ1) is 18.9. The standard InChI is InChI=1S/C18H12F3N3O2S/c1-9-17(26)24-14-6-10(2-5-15(14)27-9)16(25)12(7-22)13-4-3-11(8-23-13)18(19,20)21/h2-6,8-9,12H,1H3,(H,24,26). The number of thioether (sulfide) groups is 1. The van der Waals surface area contributed by atoms with E-state index in [2.05, 4.69) is 10.3 Å². The maximum atomic E-state index is 12.7. The number of anilines is 1. The number of halogens is 3. The van der Waals surface area contributed by atoms with E-state index in [4.69, 9.17) is 0 Å². The quantitative estimate of drug-likeness (QED) is 0.799. The molecule has 0 fully saturated rings. The van der Waals surface area contributed by atoms with Gasteiger partial charge in [-0.25, -0.2) is 0 Å². The number of aromatic nitrogens is 1. The molecule has 2 atom stereocenters. The van der Waals surface area contributed by atoms with Gasteiger partial charge in [0.1, 0.15) is 0 Å². The number of alkyl halides is 3. The van der Waals surface area contributed by atoms with E-state index in [0.717, 1.165) is 17.0 Å². The summed E-state index contributed by atoms with van der Waals surface area (Å²) in [5, 5.41) is 11.8. The minimum Gasteiger partial charge on any atom is -0.324 e. The number of benzene rings is 1. The van der Waals surface area contributed by atoms with Crippen molar-refractivity contribution in [3.8, 4) is 6.07 Å². The normalized spacial score (nSPS) is 17.4. The largest absolute Gasteiger partial charge is 0.417 e. The Labute approximate surface area is 156 Å². The Morgan fingerprint density at radius 2 is 2.07 bits per heavy atom. The number of amides is 1. The number of carbonyl (C=O) groups is 2. The zero-order chi connectivity index (χ0) is 19.8. The number of pyridine rings is 1. The molecule has 3 rings (SSSR count). The van der Waals surface area contributed by atoms with Gasteiger partial charge in [-0.2, -0.15) is 18.4 Å². The first-order valence-electron chi connectivity index (χ1n) is 7.79. The van der Waals surface area contributed by atoms with Crippen molar-refractivity contribution in [2.24, 2.45) is 0 Å². The van der Waals surface area contributed by atoms with Gasteiger partial charge in [0, 0.05) is 16.7 Å². The van der Waals surface area contributed by atoms with Crippen molar-refractivity contribution in [1.29, 1.82) is 5.26 Å². The molecule has 1 N–H and O–H groups in total. The average molecular weight is 391 g/mol. The fourth-order valence-electron chi connectivity index (χ4n) is 2.53. The zero-order valence-electron chi connectivity index (χ0n) is 13.9. The highest BCUT2D eigenvalue weighted by atomic mass is 32.2. The van der Waals surface area contributed by atoms with Gasteiger partial charge in [-0.1, -0.05) is 6.07 Å². The number of Topliss-reactive ketones (excluding diaryl/α,β-unsaturated/α-hetero) is 1. The summed E-state index contributed by atoms with van der Waals surface area (Å²) in [6, 6.07) is 8.23. The second-order valence-corrected chi connectivity index (χ2v) is 7.24. The molecule has 0 spiro atoms. The van der Waals surface area contributed by atoms with Gasteiger partial charge in [-0.15, -0.1) is 11.8 Å². The molecule has 0 bridgehead atoms. The molecule has 27 heavy (non-hydrogen) atoms. The third kappa shape index (κ3) is 3.80. The minimum atomic E-state index is -4.55. The van der Waals surface area contributed by atoms with E-state index >= 15 is 0 Å². The molecule has 2 unspecified atom stereocenters. The topological polar surface area (TPSA) is 82.8 Å². The molecular weight excluding hydrogens is 379 g/mol. The fraction of sp³-hybridized carbons (Fsp3) is 0.222. The first-order valence-corrected chi connectivity index (χ1v) is 8.67. The van der Waals surface area contributed by atoms with E-state index in [-0.39, 0.29) is 22.4 Å². The summed E-state index contributed by atoms with van der Waals surface area (Å²) in [6.07, 6.45) is -3.96. The highest BCUT2D eigenvalue weighted by Gasteiger charge is 2.32. The van der Waals surface area contributed by atoms with Crippen molar-refractivity contribution < 1.29 is 22.8 Å². The van der Waals surface area contributed by atoms with Gasteiger partial charge in [0.05, 0.1) is 28.3 Å². The van der Waals surface area contributed by atoms with Gasteiger partial charge in [0.2, 0.25) is 5.91 Å². The molecule has 1 aliphatic rings. The summed E-state index contributed by atoms with van der Waals surface area (Å²) in [7, 11) is 0. The van der Waals surface area contributed by atoms with E-state index in [1.165, 1.54) is 23.9 Å². The van der Waals surface area contributed by atoms with Crippen LogP contribution in [0.2, 0.25) is 0 Å². The van der Waals surface area contributed by atoms with Crippen molar-refractivity contribution in [1.82, 2.24) is 4.98 Å². The number of nitriles is 1. The monoisotopic (exact) mass is 391 g/mol. The summed E-state index contributed by atoms with van der Waals surface area (Å²) in [5.41, 5.74) is -0.401. The molecule has 5 nitrogen and oxygen atoms in total. The van der Waals surface area contributed by atoms with Crippen molar-refractivity contribution in [2.45, 2.75) is 29.2 Å². The van der Waals surface area contributed by atoms with Gasteiger partial charge in [-0.3, -0.25) is 14.6 Å². The van der Waals surface area contributed by atoms with E-state index in [9.17, 15) is 28.0 Å². The number of carbonyl (C=O) groups excluding carboxylic acids is 2. The predicted octanol–water partition coefficient (Wildman–Crippen LogP) is 4.02. The third-order valence-electron chi connectivity index (χ3n) is 4.00. The lowest BCUT2D eigenvalue weighted by Gasteiger charge is -2.22. The molecule has 2 aromatic rings. The van der Waals surface area contributed by atoms with Gasteiger partial charge in [0.15, 0.2) is 11.7 Å². The highest BCUT2D eigenvalue weighted by Crippen LogP contribution is 2.37. The maximum Gasteiger partial charge on any atom is 0.417 e. The molecular formula is C18H12F3N3O2S. The number of hydrogen-bond acceptors (Lipinski definition) is 5. The van der Waals surface area contributed by atoms with Crippen molar-refractivity contribution in [3.63, 3.8) is 0 Å². The second-order valence-electron chi connectivity index (χ2n) is 5.86. The number of rotatable bonds is 3. The average Bonchev–Trinajstić information content (AvgIpc) is 2.62. The minimum absolute atomic E-state index is 0.0692. The van der Waals surface area contributed by atoms with Crippen LogP contribution in [0.15, 0.2) is 41.4 Å². The van der Waals surface area contributed by atoms with Crippen LogP contribution >= 0.6 is 11.8 Å². The molecule has 9 heteroatoms. The Morgan fingerprint density at radius 3 is 2.67 bits per heavy atom. The highest BCUT2D eigenvalue weighted by molar-refractivity contribution is 8.00. The molecule has 0 aliphatic carbocycles.